The minimum atomic E-state index is -0.162. The third kappa shape index (κ3) is 4.97. The number of amides is 2. The van der Waals surface area contributed by atoms with E-state index in [-0.39, 0.29) is 48.6 Å². The van der Waals surface area contributed by atoms with E-state index in [9.17, 15) is 9.59 Å². The van der Waals surface area contributed by atoms with Crippen LogP contribution in [0.5, 0.6) is 0 Å². The quantitative estimate of drug-likeness (QED) is 0.734. The molecule has 0 radical (unpaired) electrons. The first-order valence-corrected chi connectivity index (χ1v) is 8.70. The molecule has 3 saturated heterocycles. The van der Waals surface area contributed by atoms with Crippen molar-refractivity contribution in [1.29, 1.82) is 0 Å². The van der Waals surface area contributed by atoms with Crippen molar-refractivity contribution in [3.05, 3.63) is 0 Å². The molecule has 0 aromatic rings. The number of halogens is 2. The Morgan fingerprint density at radius 1 is 1.33 bits per heavy atom. The third-order valence-electron chi connectivity index (χ3n) is 5.33. The zero-order valence-electron chi connectivity index (χ0n) is 14.3. The van der Waals surface area contributed by atoms with E-state index in [0.717, 1.165) is 39.1 Å². The van der Waals surface area contributed by atoms with Crippen LogP contribution in [0.15, 0.2) is 0 Å². The molecule has 3 rings (SSSR count). The van der Waals surface area contributed by atoms with Gasteiger partial charge in [-0.3, -0.25) is 14.5 Å². The van der Waals surface area contributed by atoms with Crippen molar-refractivity contribution in [2.45, 2.75) is 44.7 Å². The molecule has 0 aliphatic carbocycles. The Morgan fingerprint density at radius 2 is 2.12 bits per heavy atom. The van der Waals surface area contributed by atoms with Gasteiger partial charge in [-0.15, -0.1) is 24.8 Å². The van der Waals surface area contributed by atoms with Crippen molar-refractivity contribution in [2.24, 2.45) is 5.92 Å². The largest absolute Gasteiger partial charge is 0.352 e. The van der Waals surface area contributed by atoms with Crippen LogP contribution in [-0.4, -0.2) is 73.0 Å². The summed E-state index contributed by atoms with van der Waals surface area (Å²) in [4.78, 5) is 28.9. The zero-order valence-corrected chi connectivity index (χ0v) is 16.0. The van der Waals surface area contributed by atoms with Crippen LogP contribution >= 0.6 is 24.8 Å². The van der Waals surface area contributed by atoms with E-state index in [1.54, 1.807) is 0 Å². The third-order valence-corrected chi connectivity index (χ3v) is 5.33. The number of carbonyl (C=O) groups is 2. The molecule has 3 aliphatic heterocycles. The smallest absolute Gasteiger partial charge is 0.225 e. The van der Waals surface area contributed by atoms with Gasteiger partial charge in [0, 0.05) is 38.1 Å². The maximum atomic E-state index is 12.3. The number of hydrogen-bond donors (Lipinski definition) is 2. The Balaban J connectivity index is 0.00000144. The maximum Gasteiger partial charge on any atom is 0.225 e. The van der Waals surface area contributed by atoms with Crippen LogP contribution < -0.4 is 10.6 Å². The van der Waals surface area contributed by atoms with Gasteiger partial charge in [0.1, 0.15) is 0 Å². The highest BCUT2D eigenvalue weighted by Crippen LogP contribution is 2.23. The molecule has 0 aromatic carbocycles. The summed E-state index contributed by atoms with van der Waals surface area (Å²) in [6, 6.07) is 0.719. The molecule has 3 heterocycles. The summed E-state index contributed by atoms with van der Waals surface area (Å²) in [7, 11) is 0. The number of rotatable bonds is 5. The van der Waals surface area contributed by atoms with Crippen LogP contribution in [0.3, 0.4) is 0 Å². The van der Waals surface area contributed by atoms with Gasteiger partial charge in [-0.1, -0.05) is 6.92 Å². The molecular weight excluding hydrogens is 351 g/mol. The molecule has 0 aromatic heterocycles. The SMILES string of the molecule is CCN1CCCC1CN1CC(C(=O)NC2CCNC2)CC1=O.Cl.Cl. The standard InChI is InChI=1S/C16H28N4O2.2ClH/c1-2-19-7-3-4-14(19)11-20-10-12(8-15(20)21)16(22)18-13-5-6-17-9-13;;/h12-14,17H,2-11H2,1H3,(H,18,22);2*1H. The van der Waals surface area contributed by atoms with E-state index in [2.05, 4.69) is 22.5 Å². The summed E-state index contributed by atoms with van der Waals surface area (Å²) >= 11 is 0. The molecule has 3 unspecified atom stereocenters. The average Bonchev–Trinajstić information content (AvgIpc) is 3.22. The van der Waals surface area contributed by atoms with Crippen molar-refractivity contribution in [1.82, 2.24) is 20.4 Å². The number of likely N-dealkylation sites (N-methyl/N-ethyl adjacent to an activating group) is 1. The number of nitrogens with one attached hydrogen (secondary N) is 2. The molecule has 24 heavy (non-hydrogen) atoms. The summed E-state index contributed by atoms with van der Waals surface area (Å²) in [5.41, 5.74) is 0. The topological polar surface area (TPSA) is 64.7 Å². The molecule has 8 heteroatoms. The fourth-order valence-electron chi connectivity index (χ4n) is 3.99. The Bertz CT molecular complexity index is 432. The Kier molecular flexibility index (Phi) is 8.77. The van der Waals surface area contributed by atoms with Crippen LogP contribution in [0, 0.1) is 5.92 Å². The normalized spacial score (nSPS) is 30.1. The van der Waals surface area contributed by atoms with Crippen LogP contribution in [0.1, 0.15) is 32.6 Å². The Morgan fingerprint density at radius 3 is 2.79 bits per heavy atom. The molecule has 2 N–H and O–H groups in total. The summed E-state index contributed by atoms with van der Waals surface area (Å²) < 4.78 is 0. The molecule has 140 valence electrons. The highest BCUT2D eigenvalue weighted by molar-refractivity contribution is 5.89. The monoisotopic (exact) mass is 380 g/mol. The second-order valence-electron chi connectivity index (χ2n) is 6.82. The van der Waals surface area contributed by atoms with E-state index >= 15 is 0 Å². The van der Waals surface area contributed by atoms with E-state index in [4.69, 9.17) is 0 Å². The average molecular weight is 381 g/mol. The van der Waals surface area contributed by atoms with Gasteiger partial charge < -0.3 is 15.5 Å². The van der Waals surface area contributed by atoms with E-state index in [0.29, 0.717) is 19.0 Å². The van der Waals surface area contributed by atoms with E-state index < -0.39 is 0 Å². The lowest BCUT2D eigenvalue weighted by Crippen LogP contribution is -2.43. The molecule has 3 fully saturated rings. The first kappa shape index (κ1) is 21.5. The lowest BCUT2D eigenvalue weighted by Gasteiger charge is -2.27. The van der Waals surface area contributed by atoms with Gasteiger partial charge in [-0.25, -0.2) is 0 Å². The van der Waals surface area contributed by atoms with Crippen molar-refractivity contribution < 1.29 is 9.59 Å². The molecule has 3 aliphatic rings. The van der Waals surface area contributed by atoms with Gasteiger partial charge in [0.25, 0.3) is 0 Å². The number of carbonyl (C=O) groups excluding carboxylic acids is 2. The second kappa shape index (κ2) is 9.80. The summed E-state index contributed by atoms with van der Waals surface area (Å²) in [5.74, 6) is 0.0422. The summed E-state index contributed by atoms with van der Waals surface area (Å²) in [6.45, 7) is 7.57. The lowest BCUT2D eigenvalue weighted by atomic mass is 10.1. The van der Waals surface area contributed by atoms with Gasteiger partial charge >= 0.3 is 0 Å². The van der Waals surface area contributed by atoms with Crippen LogP contribution in [-0.2, 0) is 9.59 Å². The van der Waals surface area contributed by atoms with Crippen molar-refractivity contribution in [3.8, 4) is 0 Å². The van der Waals surface area contributed by atoms with Crippen LogP contribution in [0.2, 0.25) is 0 Å². The van der Waals surface area contributed by atoms with E-state index in [1.807, 2.05) is 4.90 Å². The van der Waals surface area contributed by atoms with Gasteiger partial charge in [0.2, 0.25) is 11.8 Å². The molecule has 2 amide bonds. The highest BCUT2D eigenvalue weighted by atomic mass is 35.5. The second-order valence-corrected chi connectivity index (χ2v) is 6.82. The summed E-state index contributed by atoms with van der Waals surface area (Å²) in [5, 5.41) is 6.33. The molecule has 3 atom stereocenters. The predicted molar refractivity (Wildman–Crippen MR) is 98.9 cm³/mol. The zero-order chi connectivity index (χ0) is 15.5. The van der Waals surface area contributed by atoms with Gasteiger partial charge in [0.05, 0.1) is 5.92 Å². The van der Waals surface area contributed by atoms with Gasteiger partial charge in [-0.05, 0) is 38.9 Å². The van der Waals surface area contributed by atoms with Crippen LogP contribution in [0.25, 0.3) is 0 Å². The first-order valence-electron chi connectivity index (χ1n) is 8.70. The number of nitrogens with zero attached hydrogens (tertiary/aromatic N) is 2. The highest BCUT2D eigenvalue weighted by Gasteiger charge is 2.37. The van der Waals surface area contributed by atoms with Gasteiger partial charge in [0.15, 0.2) is 0 Å². The Hall–Kier alpha value is -0.560. The molecule has 0 bridgehead atoms. The molecular formula is C16H30Cl2N4O2. The maximum absolute atomic E-state index is 12.3. The van der Waals surface area contributed by atoms with Gasteiger partial charge in [-0.2, -0.15) is 0 Å². The number of hydrogen-bond acceptors (Lipinski definition) is 4. The van der Waals surface area contributed by atoms with Crippen molar-refractivity contribution >= 4 is 36.6 Å². The fraction of sp³-hybridized carbons (Fsp3) is 0.875. The molecule has 6 nitrogen and oxygen atoms in total. The van der Waals surface area contributed by atoms with E-state index in [1.165, 1.54) is 12.8 Å². The van der Waals surface area contributed by atoms with Crippen molar-refractivity contribution in [2.75, 3.05) is 39.3 Å². The first-order chi connectivity index (χ1) is 10.7. The minimum Gasteiger partial charge on any atom is -0.352 e. The Labute approximate surface area is 156 Å². The fourth-order valence-corrected chi connectivity index (χ4v) is 3.99. The summed E-state index contributed by atoms with van der Waals surface area (Å²) in [6.07, 6.45) is 3.76. The molecule has 0 saturated carbocycles. The van der Waals surface area contributed by atoms with Crippen molar-refractivity contribution in [3.63, 3.8) is 0 Å². The number of likely N-dealkylation sites (tertiary alicyclic amines) is 2. The van der Waals surface area contributed by atoms with Crippen LogP contribution in [0.4, 0.5) is 0 Å². The predicted octanol–water partition coefficient (Wildman–Crippen LogP) is 0.641. The lowest BCUT2D eigenvalue weighted by molar-refractivity contribution is -0.129. The molecule has 0 spiro atoms. The minimum absolute atomic E-state index is 0.